The van der Waals surface area contributed by atoms with Crippen LogP contribution in [0.2, 0.25) is 0 Å². The van der Waals surface area contributed by atoms with E-state index in [2.05, 4.69) is 11.9 Å². The van der Waals surface area contributed by atoms with E-state index in [1.54, 1.807) is 54.6 Å². The molecular formula is C17H17NO3. The van der Waals surface area contributed by atoms with Crippen LogP contribution in [-0.2, 0) is 6.61 Å². The van der Waals surface area contributed by atoms with Crippen LogP contribution in [0.5, 0.6) is 5.75 Å². The van der Waals surface area contributed by atoms with Gasteiger partial charge in [0.2, 0.25) is 0 Å². The number of hydrogen-bond donors (Lipinski definition) is 2. The fourth-order valence-corrected chi connectivity index (χ4v) is 1.75. The molecule has 21 heavy (non-hydrogen) atoms. The molecule has 0 aliphatic heterocycles. The molecule has 0 radical (unpaired) electrons. The quantitative estimate of drug-likeness (QED) is 0.801. The van der Waals surface area contributed by atoms with E-state index >= 15 is 0 Å². The van der Waals surface area contributed by atoms with E-state index in [1.165, 1.54) is 0 Å². The molecule has 2 aromatic carbocycles. The molecule has 4 heteroatoms. The molecular weight excluding hydrogens is 266 g/mol. The third-order valence-corrected chi connectivity index (χ3v) is 2.88. The number of rotatable bonds is 6. The molecule has 0 bridgehead atoms. The van der Waals surface area contributed by atoms with Crippen LogP contribution >= 0.6 is 0 Å². The van der Waals surface area contributed by atoms with E-state index in [9.17, 15) is 4.79 Å². The van der Waals surface area contributed by atoms with Crippen LogP contribution in [0.3, 0.4) is 0 Å². The standard InChI is InChI=1S/C17H17NO3/c1-2-11-21-16-9-5-14(6-10-16)17(20)18-15-7-3-13(12-19)4-8-15/h2-10,19H,1,11-12H2,(H,18,20). The highest BCUT2D eigenvalue weighted by molar-refractivity contribution is 6.04. The number of amides is 1. The lowest BCUT2D eigenvalue weighted by Gasteiger charge is -2.07. The summed E-state index contributed by atoms with van der Waals surface area (Å²) >= 11 is 0. The smallest absolute Gasteiger partial charge is 0.255 e. The van der Waals surface area contributed by atoms with Crippen LogP contribution in [0.4, 0.5) is 5.69 Å². The fraction of sp³-hybridized carbons (Fsp3) is 0.118. The van der Waals surface area contributed by atoms with Gasteiger partial charge in [0.1, 0.15) is 12.4 Å². The molecule has 2 rings (SSSR count). The van der Waals surface area contributed by atoms with Gasteiger partial charge in [-0.25, -0.2) is 0 Å². The molecule has 0 aliphatic rings. The van der Waals surface area contributed by atoms with Crippen molar-refractivity contribution in [3.8, 4) is 5.75 Å². The van der Waals surface area contributed by atoms with E-state index in [0.29, 0.717) is 23.6 Å². The molecule has 4 nitrogen and oxygen atoms in total. The molecule has 0 aliphatic carbocycles. The van der Waals surface area contributed by atoms with Gasteiger partial charge in [-0.3, -0.25) is 4.79 Å². The van der Waals surface area contributed by atoms with Crippen molar-refractivity contribution in [1.82, 2.24) is 0 Å². The lowest BCUT2D eigenvalue weighted by molar-refractivity contribution is 0.102. The minimum Gasteiger partial charge on any atom is -0.490 e. The zero-order valence-corrected chi connectivity index (χ0v) is 11.6. The Morgan fingerprint density at radius 2 is 1.81 bits per heavy atom. The maximum atomic E-state index is 12.1. The van der Waals surface area contributed by atoms with Crippen molar-refractivity contribution in [3.63, 3.8) is 0 Å². The minimum atomic E-state index is -0.193. The fourth-order valence-electron chi connectivity index (χ4n) is 1.75. The van der Waals surface area contributed by atoms with Crippen LogP contribution in [0, 0.1) is 0 Å². The summed E-state index contributed by atoms with van der Waals surface area (Å²) in [6.45, 7) is 4.00. The number of aliphatic hydroxyl groups is 1. The summed E-state index contributed by atoms with van der Waals surface area (Å²) in [4.78, 5) is 12.1. The van der Waals surface area contributed by atoms with Crippen molar-refractivity contribution < 1.29 is 14.6 Å². The Morgan fingerprint density at radius 3 is 2.38 bits per heavy atom. The highest BCUT2D eigenvalue weighted by Crippen LogP contribution is 2.15. The van der Waals surface area contributed by atoms with Gasteiger partial charge in [-0.1, -0.05) is 24.8 Å². The number of aliphatic hydroxyl groups excluding tert-OH is 1. The molecule has 0 unspecified atom stereocenters. The van der Waals surface area contributed by atoms with Crippen LogP contribution in [0.1, 0.15) is 15.9 Å². The van der Waals surface area contributed by atoms with Crippen molar-refractivity contribution in [3.05, 3.63) is 72.3 Å². The van der Waals surface area contributed by atoms with Gasteiger partial charge in [0.25, 0.3) is 5.91 Å². The SMILES string of the molecule is C=CCOc1ccc(C(=O)Nc2ccc(CO)cc2)cc1. The Morgan fingerprint density at radius 1 is 1.14 bits per heavy atom. The number of benzene rings is 2. The molecule has 2 aromatic rings. The van der Waals surface area contributed by atoms with Gasteiger partial charge in [0.15, 0.2) is 0 Å². The van der Waals surface area contributed by atoms with Gasteiger partial charge in [-0.15, -0.1) is 0 Å². The van der Waals surface area contributed by atoms with Crippen molar-refractivity contribution in [2.75, 3.05) is 11.9 Å². The summed E-state index contributed by atoms with van der Waals surface area (Å²) in [6.07, 6.45) is 1.66. The molecule has 1 amide bonds. The Hall–Kier alpha value is -2.59. The third-order valence-electron chi connectivity index (χ3n) is 2.88. The lowest BCUT2D eigenvalue weighted by atomic mass is 10.2. The minimum absolute atomic E-state index is 0.0135. The summed E-state index contributed by atoms with van der Waals surface area (Å²) in [7, 11) is 0. The summed E-state index contributed by atoms with van der Waals surface area (Å²) in [5, 5.41) is 11.8. The molecule has 0 aromatic heterocycles. The van der Waals surface area contributed by atoms with Crippen molar-refractivity contribution in [2.24, 2.45) is 0 Å². The normalized spacial score (nSPS) is 9.95. The first-order chi connectivity index (χ1) is 10.2. The van der Waals surface area contributed by atoms with E-state index in [0.717, 1.165) is 5.56 Å². The second kappa shape index (κ2) is 7.26. The number of carbonyl (C=O) groups is 1. The second-order valence-corrected chi connectivity index (χ2v) is 4.43. The number of hydrogen-bond acceptors (Lipinski definition) is 3. The van der Waals surface area contributed by atoms with Crippen LogP contribution in [0.25, 0.3) is 0 Å². The zero-order valence-electron chi connectivity index (χ0n) is 11.6. The summed E-state index contributed by atoms with van der Waals surface area (Å²) in [5.74, 6) is 0.501. The maximum absolute atomic E-state index is 12.1. The average Bonchev–Trinajstić information content (AvgIpc) is 2.54. The molecule has 0 spiro atoms. The first-order valence-electron chi connectivity index (χ1n) is 6.58. The lowest BCUT2D eigenvalue weighted by Crippen LogP contribution is -2.11. The Bertz CT molecular complexity index is 603. The third kappa shape index (κ3) is 4.19. The van der Waals surface area contributed by atoms with Crippen LogP contribution < -0.4 is 10.1 Å². The van der Waals surface area contributed by atoms with Gasteiger partial charge in [-0.05, 0) is 42.0 Å². The molecule has 0 fully saturated rings. The van der Waals surface area contributed by atoms with E-state index in [4.69, 9.17) is 9.84 Å². The van der Waals surface area contributed by atoms with E-state index in [-0.39, 0.29) is 12.5 Å². The maximum Gasteiger partial charge on any atom is 0.255 e. The molecule has 0 saturated carbocycles. The second-order valence-electron chi connectivity index (χ2n) is 4.43. The van der Waals surface area contributed by atoms with Gasteiger partial charge in [-0.2, -0.15) is 0 Å². The summed E-state index contributed by atoms with van der Waals surface area (Å²) in [5.41, 5.74) is 2.04. The Balaban J connectivity index is 2.00. The predicted octanol–water partition coefficient (Wildman–Crippen LogP) is 3.00. The first-order valence-corrected chi connectivity index (χ1v) is 6.58. The Kier molecular flexibility index (Phi) is 5.12. The summed E-state index contributed by atoms with van der Waals surface area (Å²) in [6, 6.07) is 13.9. The number of ether oxygens (including phenoxy) is 1. The van der Waals surface area contributed by atoms with Crippen molar-refractivity contribution in [2.45, 2.75) is 6.61 Å². The number of anilines is 1. The number of nitrogens with one attached hydrogen (secondary N) is 1. The van der Waals surface area contributed by atoms with E-state index < -0.39 is 0 Å². The molecule has 108 valence electrons. The van der Waals surface area contributed by atoms with Gasteiger partial charge < -0.3 is 15.2 Å². The van der Waals surface area contributed by atoms with E-state index in [1.807, 2.05) is 0 Å². The molecule has 2 N–H and O–H groups in total. The van der Waals surface area contributed by atoms with Gasteiger partial charge in [0, 0.05) is 11.3 Å². The highest BCUT2D eigenvalue weighted by atomic mass is 16.5. The average molecular weight is 283 g/mol. The topological polar surface area (TPSA) is 58.6 Å². The van der Waals surface area contributed by atoms with Crippen LogP contribution in [-0.4, -0.2) is 17.6 Å². The van der Waals surface area contributed by atoms with Gasteiger partial charge >= 0.3 is 0 Å². The summed E-state index contributed by atoms with van der Waals surface area (Å²) < 4.78 is 5.36. The van der Waals surface area contributed by atoms with Crippen molar-refractivity contribution in [1.29, 1.82) is 0 Å². The highest BCUT2D eigenvalue weighted by Gasteiger charge is 2.06. The zero-order chi connectivity index (χ0) is 15.1. The molecule has 0 saturated heterocycles. The molecule has 0 atom stereocenters. The number of carbonyl (C=O) groups excluding carboxylic acids is 1. The Labute approximate surface area is 123 Å². The first kappa shape index (κ1) is 14.8. The molecule has 0 heterocycles. The van der Waals surface area contributed by atoms with Crippen molar-refractivity contribution >= 4 is 11.6 Å². The monoisotopic (exact) mass is 283 g/mol. The van der Waals surface area contributed by atoms with Gasteiger partial charge in [0.05, 0.1) is 6.61 Å². The largest absolute Gasteiger partial charge is 0.490 e. The van der Waals surface area contributed by atoms with Crippen LogP contribution in [0.15, 0.2) is 61.2 Å². The predicted molar refractivity (Wildman–Crippen MR) is 82.5 cm³/mol.